The molecule has 2 heterocycles. The molecule has 0 unspecified atom stereocenters. The molecule has 0 N–H and O–H groups in total. The van der Waals surface area contributed by atoms with Gasteiger partial charge in [0.2, 0.25) is 5.91 Å². The molecule has 3 nitrogen and oxygen atoms in total. The molecule has 1 amide bonds. The maximum Gasteiger partial charge on any atom is 0.240 e. The maximum atomic E-state index is 11.6. The van der Waals surface area contributed by atoms with E-state index >= 15 is 0 Å². The van der Waals surface area contributed by atoms with Gasteiger partial charge in [-0.2, -0.15) is 0 Å². The van der Waals surface area contributed by atoms with Gasteiger partial charge >= 0.3 is 0 Å². The van der Waals surface area contributed by atoms with E-state index in [1.807, 2.05) is 12.1 Å². The Bertz CT molecular complexity index is 315. The minimum Gasteiger partial charge on any atom is -0.310 e. The van der Waals surface area contributed by atoms with Gasteiger partial charge in [-0.1, -0.05) is 15.9 Å². The second kappa shape index (κ2) is 3.46. The van der Waals surface area contributed by atoms with Gasteiger partial charge in [-0.3, -0.25) is 9.78 Å². The molecule has 2 rings (SSSR count). The van der Waals surface area contributed by atoms with Gasteiger partial charge in [-0.15, -0.1) is 0 Å². The average molecular weight is 241 g/mol. The number of rotatable bonds is 1. The number of carbonyl (C=O) groups excluding carboxylic acids is 1. The van der Waals surface area contributed by atoms with E-state index in [0.717, 1.165) is 18.7 Å². The molecule has 0 spiro atoms. The number of amides is 1. The summed E-state index contributed by atoms with van der Waals surface area (Å²) in [5, 5.41) is 0. The highest BCUT2D eigenvalue weighted by atomic mass is 79.9. The standard InChI is InChI=1S/C9H9BrN2O/c10-8-3-5-12(9(8)13)7-2-1-4-11-6-7/h1-2,4,6,8H,3,5H2/t8-/m1/s1. The first kappa shape index (κ1) is 8.69. The zero-order chi connectivity index (χ0) is 9.26. The molecule has 1 aliphatic heterocycles. The first-order valence-corrected chi connectivity index (χ1v) is 5.06. The number of hydrogen-bond donors (Lipinski definition) is 0. The molecule has 1 aromatic rings. The quantitative estimate of drug-likeness (QED) is 0.699. The van der Waals surface area contributed by atoms with Crippen molar-refractivity contribution in [1.29, 1.82) is 0 Å². The van der Waals surface area contributed by atoms with Crippen LogP contribution in [0.1, 0.15) is 6.42 Å². The van der Waals surface area contributed by atoms with E-state index in [2.05, 4.69) is 20.9 Å². The first-order chi connectivity index (χ1) is 6.29. The highest BCUT2D eigenvalue weighted by Crippen LogP contribution is 2.23. The Morgan fingerprint density at radius 2 is 2.46 bits per heavy atom. The zero-order valence-corrected chi connectivity index (χ0v) is 8.57. The fourth-order valence-electron chi connectivity index (χ4n) is 1.41. The highest BCUT2D eigenvalue weighted by Gasteiger charge is 2.30. The Morgan fingerprint density at radius 3 is 3.00 bits per heavy atom. The molecule has 0 radical (unpaired) electrons. The second-order valence-electron chi connectivity index (χ2n) is 2.96. The Balaban J connectivity index is 2.24. The van der Waals surface area contributed by atoms with Gasteiger partial charge in [0.25, 0.3) is 0 Å². The van der Waals surface area contributed by atoms with Crippen LogP contribution in [0.5, 0.6) is 0 Å². The minimum absolute atomic E-state index is 0.0206. The van der Waals surface area contributed by atoms with Gasteiger partial charge in [0, 0.05) is 12.7 Å². The molecule has 1 aromatic heterocycles. The Hall–Kier alpha value is -0.900. The van der Waals surface area contributed by atoms with E-state index in [-0.39, 0.29) is 10.7 Å². The molecular weight excluding hydrogens is 232 g/mol. The van der Waals surface area contributed by atoms with E-state index in [1.165, 1.54) is 0 Å². The van der Waals surface area contributed by atoms with E-state index in [9.17, 15) is 4.79 Å². The molecule has 0 bridgehead atoms. The summed E-state index contributed by atoms with van der Waals surface area (Å²) in [4.78, 5) is 17.3. The number of halogens is 1. The Labute approximate surface area is 84.9 Å². The number of aromatic nitrogens is 1. The summed E-state index contributed by atoms with van der Waals surface area (Å²) in [6, 6.07) is 3.74. The summed E-state index contributed by atoms with van der Waals surface area (Å²) in [5.74, 6) is 0.132. The van der Waals surface area contributed by atoms with Crippen LogP contribution in [0, 0.1) is 0 Å². The maximum absolute atomic E-state index is 11.6. The van der Waals surface area contributed by atoms with E-state index in [4.69, 9.17) is 0 Å². The third-order valence-electron chi connectivity index (χ3n) is 2.10. The lowest BCUT2D eigenvalue weighted by molar-refractivity contribution is -0.116. The summed E-state index contributed by atoms with van der Waals surface area (Å²) in [5.41, 5.74) is 0.884. The number of nitrogens with zero attached hydrogens (tertiary/aromatic N) is 2. The molecule has 4 heteroatoms. The Kier molecular flexibility index (Phi) is 2.31. The number of carbonyl (C=O) groups is 1. The summed E-state index contributed by atoms with van der Waals surface area (Å²) in [6.45, 7) is 0.778. The van der Waals surface area contributed by atoms with Crippen molar-refractivity contribution in [3.8, 4) is 0 Å². The van der Waals surface area contributed by atoms with Gasteiger partial charge in [0.05, 0.1) is 16.7 Å². The monoisotopic (exact) mass is 240 g/mol. The van der Waals surface area contributed by atoms with Gasteiger partial charge in [0.1, 0.15) is 0 Å². The number of pyridine rings is 1. The van der Waals surface area contributed by atoms with Crippen LogP contribution >= 0.6 is 15.9 Å². The van der Waals surface area contributed by atoms with Crippen molar-refractivity contribution in [2.75, 3.05) is 11.4 Å². The van der Waals surface area contributed by atoms with Crippen LogP contribution in [0.2, 0.25) is 0 Å². The van der Waals surface area contributed by atoms with E-state index in [0.29, 0.717) is 0 Å². The van der Waals surface area contributed by atoms with E-state index in [1.54, 1.807) is 17.3 Å². The van der Waals surface area contributed by atoms with Crippen LogP contribution in [0.4, 0.5) is 5.69 Å². The van der Waals surface area contributed by atoms with Crippen LogP contribution in [-0.4, -0.2) is 22.3 Å². The third kappa shape index (κ3) is 1.58. The normalized spacial score (nSPS) is 22.4. The first-order valence-electron chi connectivity index (χ1n) is 4.14. The molecular formula is C9H9BrN2O. The van der Waals surface area contributed by atoms with Crippen LogP contribution in [0.3, 0.4) is 0 Å². The second-order valence-corrected chi connectivity index (χ2v) is 4.06. The smallest absolute Gasteiger partial charge is 0.240 e. The van der Waals surface area contributed by atoms with Crippen LogP contribution < -0.4 is 4.90 Å². The lowest BCUT2D eigenvalue weighted by Gasteiger charge is -2.14. The molecule has 1 atom stereocenters. The zero-order valence-electron chi connectivity index (χ0n) is 6.98. The summed E-state index contributed by atoms with van der Waals surface area (Å²) in [7, 11) is 0. The third-order valence-corrected chi connectivity index (χ3v) is 2.95. The van der Waals surface area contributed by atoms with Crippen molar-refractivity contribution in [1.82, 2.24) is 4.98 Å². The lowest BCUT2D eigenvalue weighted by Crippen LogP contribution is -2.26. The van der Waals surface area contributed by atoms with Gasteiger partial charge in [-0.05, 0) is 18.6 Å². The van der Waals surface area contributed by atoms with Crippen LogP contribution in [0.25, 0.3) is 0 Å². The minimum atomic E-state index is -0.0206. The predicted molar refractivity (Wildman–Crippen MR) is 53.9 cm³/mol. The van der Waals surface area contributed by atoms with Crippen LogP contribution in [0.15, 0.2) is 24.5 Å². The topological polar surface area (TPSA) is 33.2 Å². The summed E-state index contributed by atoms with van der Waals surface area (Å²) >= 11 is 3.33. The van der Waals surface area contributed by atoms with Crippen molar-refractivity contribution in [3.05, 3.63) is 24.5 Å². The van der Waals surface area contributed by atoms with Crippen LogP contribution in [-0.2, 0) is 4.79 Å². The fraction of sp³-hybridized carbons (Fsp3) is 0.333. The molecule has 0 saturated carbocycles. The SMILES string of the molecule is O=C1[C@H](Br)CCN1c1cccnc1. The lowest BCUT2D eigenvalue weighted by atomic mass is 10.4. The summed E-state index contributed by atoms with van der Waals surface area (Å²) < 4.78 is 0. The number of alkyl halides is 1. The molecule has 1 saturated heterocycles. The number of hydrogen-bond acceptors (Lipinski definition) is 2. The van der Waals surface area contributed by atoms with Gasteiger partial charge < -0.3 is 4.90 Å². The van der Waals surface area contributed by atoms with Crippen molar-refractivity contribution in [3.63, 3.8) is 0 Å². The molecule has 1 fully saturated rings. The number of anilines is 1. The van der Waals surface area contributed by atoms with Crippen molar-refractivity contribution < 1.29 is 4.79 Å². The molecule has 13 heavy (non-hydrogen) atoms. The predicted octanol–water partition coefficient (Wildman–Crippen LogP) is 1.58. The highest BCUT2D eigenvalue weighted by molar-refractivity contribution is 9.10. The summed E-state index contributed by atoms with van der Waals surface area (Å²) in [6.07, 6.45) is 4.28. The largest absolute Gasteiger partial charge is 0.310 e. The van der Waals surface area contributed by atoms with Crippen molar-refractivity contribution in [2.45, 2.75) is 11.2 Å². The van der Waals surface area contributed by atoms with Gasteiger partial charge in [0.15, 0.2) is 0 Å². The molecule has 0 aromatic carbocycles. The van der Waals surface area contributed by atoms with Crippen molar-refractivity contribution >= 4 is 27.5 Å². The van der Waals surface area contributed by atoms with Gasteiger partial charge in [-0.25, -0.2) is 0 Å². The van der Waals surface area contributed by atoms with Crippen molar-refractivity contribution in [2.24, 2.45) is 0 Å². The Morgan fingerprint density at radius 1 is 1.62 bits per heavy atom. The fourth-order valence-corrected chi connectivity index (χ4v) is 1.87. The average Bonchev–Trinajstić information content (AvgIpc) is 2.49. The molecule has 1 aliphatic rings. The molecule has 0 aliphatic carbocycles. The van der Waals surface area contributed by atoms with E-state index < -0.39 is 0 Å². The molecule has 68 valence electrons.